The topological polar surface area (TPSA) is 32.3 Å². The van der Waals surface area contributed by atoms with Gasteiger partial charge in [0.05, 0.1) is 0 Å². The van der Waals surface area contributed by atoms with E-state index in [-0.39, 0.29) is 5.41 Å². The zero-order valence-electron chi connectivity index (χ0n) is 11.0. The summed E-state index contributed by atoms with van der Waals surface area (Å²) in [4.78, 5) is 14.3. The van der Waals surface area contributed by atoms with Crippen molar-refractivity contribution < 1.29 is 4.79 Å². The Morgan fingerprint density at radius 1 is 1.32 bits per heavy atom. The highest BCUT2D eigenvalue weighted by molar-refractivity contribution is 9.10. The molecule has 3 nitrogen and oxygen atoms in total. The maximum absolute atomic E-state index is 12.2. The van der Waals surface area contributed by atoms with E-state index in [1.165, 1.54) is 5.56 Å². The van der Waals surface area contributed by atoms with Crippen LogP contribution in [0.5, 0.6) is 0 Å². The van der Waals surface area contributed by atoms with E-state index in [9.17, 15) is 4.79 Å². The monoisotopic (exact) mass is 322 g/mol. The van der Waals surface area contributed by atoms with Crippen molar-refractivity contribution in [2.24, 2.45) is 5.41 Å². The third-order valence-corrected chi connectivity index (χ3v) is 4.83. The molecule has 1 amide bonds. The number of nitrogens with one attached hydrogen (secondary N) is 1. The standard InChI is InChI=1S/C15H19BrN2O/c16-13-3-1-2-12(8-13)10-18-11-15(9-14(18)19)4-6-17-7-5-15/h1-3,8,17H,4-7,9-11H2. The third-order valence-electron chi connectivity index (χ3n) is 4.33. The van der Waals surface area contributed by atoms with Crippen LogP contribution in [0.3, 0.4) is 0 Å². The van der Waals surface area contributed by atoms with E-state index in [4.69, 9.17) is 0 Å². The van der Waals surface area contributed by atoms with Gasteiger partial charge in [0.2, 0.25) is 5.91 Å². The zero-order chi connectivity index (χ0) is 13.3. The van der Waals surface area contributed by atoms with Crippen LogP contribution in [-0.2, 0) is 11.3 Å². The SMILES string of the molecule is O=C1CC2(CCNCC2)CN1Cc1cccc(Br)c1. The molecule has 0 bridgehead atoms. The smallest absolute Gasteiger partial charge is 0.223 e. The first-order chi connectivity index (χ1) is 9.17. The molecule has 1 aromatic rings. The van der Waals surface area contributed by atoms with E-state index in [1.54, 1.807) is 0 Å². The van der Waals surface area contributed by atoms with Gasteiger partial charge >= 0.3 is 0 Å². The fraction of sp³-hybridized carbons (Fsp3) is 0.533. The number of amides is 1. The first-order valence-corrected chi connectivity index (χ1v) is 7.69. The number of carbonyl (C=O) groups is 1. The van der Waals surface area contributed by atoms with E-state index < -0.39 is 0 Å². The maximum Gasteiger partial charge on any atom is 0.223 e. The molecule has 0 aromatic heterocycles. The van der Waals surface area contributed by atoms with Crippen LogP contribution < -0.4 is 5.32 Å². The number of piperidine rings is 1. The Balaban J connectivity index is 1.70. The minimum atomic E-state index is 0.244. The average Bonchev–Trinajstić information content (AvgIpc) is 2.66. The van der Waals surface area contributed by atoms with Gasteiger partial charge in [-0.1, -0.05) is 28.1 Å². The molecule has 2 aliphatic rings. The summed E-state index contributed by atoms with van der Waals surface area (Å²) in [7, 11) is 0. The van der Waals surface area contributed by atoms with Gasteiger partial charge in [-0.3, -0.25) is 4.79 Å². The second-order valence-electron chi connectivity index (χ2n) is 5.81. The molecule has 1 N–H and O–H groups in total. The lowest BCUT2D eigenvalue weighted by atomic mass is 9.78. The number of halogens is 1. The summed E-state index contributed by atoms with van der Waals surface area (Å²) in [6.45, 7) is 3.78. The highest BCUT2D eigenvalue weighted by Gasteiger charge is 2.43. The lowest BCUT2D eigenvalue weighted by Gasteiger charge is -2.33. The van der Waals surface area contributed by atoms with Crippen LogP contribution in [0.15, 0.2) is 28.7 Å². The Labute approximate surface area is 122 Å². The van der Waals surface area contributed by atoms with Crippen molar-refractivity contribution >= 4 is 21.8 Å². The number of hydrogen-bond acceptors (Lipinski definition) is 2. The van der Waals surface area contributed by atoms with Crippen LogP contribution in [0.2, 0.25) is 0 Å². The van der Waals surface area contributed by atoms with Gasteiger partial charge in [-0.2, -0.15) is 0 Å². The molecule has 2 heterocycles. The molecule has 1 spiro atoms. The molecule has 19 heavy (non-hydrogen) atoms. The molecule has 2 fully saturated rings. The van der Waals surface area contributed by atoms with Crippen molar-refractivity contribution in [3.8, 4) is 0 Å². The molecule has 102 valence electrons. The number of hydrogen-bond donors (Lipinski definition) is 1. The van der Waals surface area contributed by atoms with Crippen LogP contribution in [0, 0.1) is 5.41 Å². The Bertz CT molecular complexity index is 483. The van der Waals surface area contributed by atoms with E-state index in [0.717, 1.165) is 49.9 Å². The molecule has 0 aliphatic carbocycles. The van der Waals surface area contributed by atoms with Gasteiger partial charge in [-0.25, -0.2) is 0 Å². The lowest BCUT2D eigenvalue weighted by molar-refractivity contribution is -0.128. The van der Waals surface area contributed by atoms with Gasteiger partial charge in [-0.15, -0.1) is 0 Å². The fourth-order valence-corrected chi connectivity index (χ4v) is 3.72. The molecule has 4 heteroatoms. The average molecular weight is 323 g/mol. The number of likely N-dealkylation sites (tertiary alicyclic amines) is 1. The Morgan fingerprint density at radius 2 is 2.11 bits per heavy atom. The van der Waals surface area contributed by atoms with Crippen molar-refractivity contribution in [3.63, 3.8) is 0 Å². The summed E-state index contributed by atoms with van der Waals surface area (Å²) < 4.78 is 1.08. The Kier molecular flexibility index (Phi) is 3.63. The molecule has 2 saturated heterocycles. The largest absolute Gasteiger partial charge is 0.338 e. The maximum atomic E-state index is 12.2. The Hall–Kier alpha value is -0.870. The number of nitrogens with zero attached hydrogens (tertiary/aromatic N) is 1. The van der Waals surface area contributed by atoms with Crippen LogP contribution in [0.4, 0.5) is 0 Å². The van der Waals surface area contributed by atoms with E-state index in [1.807, 2.05) is 17.0 Å². The van der Waals surface area contributed by atoms with Gasteiger partial charge < -0.3 is 10.2 Å². The predicted molar refractivity (Wildman–Crippen MR) is 78.7 cm³/mol. The van der Waals surface area contributed by atoms with Crippen LogP contribution in [0.1, 0.15) is 24.8 Å². The third kappa shape index (κ3) is 2.84. The quantitative estimate of drug-likeness (QED) is 0.907. The number of carbonyl (C=O) groups excluding carboxylic acids is 1. The molecular formula is C15H19BrN2O. The summed E-state index contributed by atoms with van der Waals surface area (Å²) in [6, 6.07) is 8.23. The van der Waals surface area contributed by atoms with Crippen LogP contribution in [0.25, 0.3) is 0 Å². The molecule has 3 rings (SSSR count). The van der Waals surface area contributed by atoms with Gasteiger partial charge in [0.1, 0.15) is 0 Å². The lowest BCUT2D eigenvalue weighted by Crippen LogP contribution is -2.38. The fourth-order valence-electron chi connectivity index (χ4n) is 3.27. The van der Waals surface area contributed by atoms with Crippen molar-refractivity contribution in [3.05, 3.63) is 34.3 Å². The zero-order valence-corrected chi connectivity index (χ0v) is 12.6. The second kappa shape index (κ2) is 5.25. The molecule has 1 aromatic carbocycles. The van der Waals surface area contributed by atoms with Gasteiger partial charge in [0.15, 0.2) is 0 Å². The summed E-state index contributed by atoms with van der Waals surface area (Å²) in [5.41, 5.74) is 1.45. The number of benzene rings is 1. The van der Waals surface area contributed by atoms with E-state index >= 15 is 0 Å². The van der Waals surface area contributed by atoms with Crippen LogP contribution >= 0.6 is 15.9 Å². The van der Waals surface area contributed by atoms with Gasteiger partial charge in [-0.05, 0) is 49.0 Å². The van der Waals surface area contributed by atoms with Crippen molar-refractivity contribution in [1.29, 1.82) is 0 Å². The molecule has 0 unspecified atom stereocenters. The summed E-state index contributed by atoms with van der Waals surface area (Å²) in [6.07, 6.45) is 3.00. The summed E-state index contributed by atoms with van der Waals surface area (Å²) in [5, 5.41) is 3.39. The van der Waals surface area contributed by atoms with Crippen molar-refractivity contribution in [2.45, 2.75) is 25.8 Å². The van der Waals surface area contributed by atoms with Crippen LogP contribution in [-0.4, -0.2) is 30.4 Å². The second-order valence-corrected chi connectivity index (χ2v) is 6.72. The summed E-state index contributed by atoms with van der Waals surface area (Å²) in [5.74, 6) is 0.321. The molecular weight excluding hydrogens is 304 g/mol. The number of rotatable bonds is 2. The van der Waals surface area contributed by atoms with Crippen molar-refractivity contribution in [1.82, 2.24) is 10.2 Å². The van der Waals surface area contributed by atoms with Gasteiger partial charge in [0.25, 0.3) is 0 Å². The first kappa shape index (κ1) is 13.1. The predicted octanol–water partition coefficient (Wildman–Crippen LogP) is 2.55. The van der Waals surface area contributed by atoms with E-state index in [2.05, 4.69) is 33.4 Å². The normalized spacial score (nSPS) is 22.2. The minimum absolute atomic E-state index is 0.244. The minimum Gasteiger partial charge on any atom is -0.338 e. The highest BCUT2D eigenvalue weighted by atomic mass is 79.9. The first-order valence-electron chi connectivity index (χ1n) is 6.90. The van der Waals surface area contributed by atoms with E-state index in [0.29, 0.717) is 5.91 Å². The van der Waals surface area contributed by atoms with Gasteiger partial charge in [0, 0.05) is 24.0 Å². The molecule has 0 radical (unpaired) electrons. The Morgan fingerprint density at radius 3 is 2.84 bits per heavy atom. The molecule has 0 atom stereocenters. The molecule has 2 aliphatic heterocycles. The highest BCUT2D eigenvalue weighted by Crippen LogP contribution is 2.39. The summed E-state index contributed by atoms with van der Waals surface area (Å²) >= 11 is 3.49. The van der Waals surface area contributed by atoms with Crippen molar-refractivity contribution in [2.75, 3.05) is 19.6 Å². The molecule has 0 saturated carbocycles.